The molecule has 0 bridgehead atoms. The molecule has 2 aliphatic heterocycles. The Bertz CT molecular complexity index is 270. The first-order chi connectivity index (χ1) is 8.84. The maximum absolute atomic E-state index is 5.65. The van der Waals surface area contributed by atoms with Crippen molar-refractivity contribution in [2.24, 2.45) is 0 Å². The second kappa shape index (κ2) is 5.48. The maximum Gasteiger partial charge on any atom is 0.0622 e. The molecule has 3 nitrogen and oxygen atoms in total. The van der Waals surface area contributed by atoms with E-state index in [0.29, 0.717) is 17.6 Å². The lowest BCUT2D eigenvalue weighted by atomic mass is 9.88. The summed E-state index contributed by atoms with van der Waals surface area (Å²) in [5, 5.41) is 3.82. The van der Waals surface area contributed by atoms with Crippen LogP contribution >= 0.6 is 0 Å². The standard InChI is InChI=1S/C15H28N2O/c1-2-5-13-10-17(14-6-9-18-11-14)15(12-16-13)7-3-4-8-15/h13-14,16H,2-12H2,1H3. The van der Waals surface area contributed by atoms with Crippen molar-refractivity contribution in [2.45, 2.75) is 69.5 Å². The highest BCUT2D eigenvalue weighted by molar-refractivity contribution is 5.04. The molecule has 2 saturated heterocycles. The number of rotatable bonds is 3. The Labute approximate surface area is 111 Å². The molecular formula is C15H28N2O. The van der Waals surface area contributed by atoms with Crippen LogP contribution in [0.15, 0.2) is 0 Å². The van der Waals surface area contributed by atoms with Crippen LogP contribution in [0.5, 0.6) is 0 Å². The molecule has 0 amide bonds. The number of ether oxygens (including phenoxy) is 1. The Morgan fingerprint density at radius 3 is 2.83 bits per heavy atom. The molecule has 1 spiro atoms. The lowest BCUT2D eigenvalue weighted by Gasteiger charge is -2.51. The van der Waals surface area contributed by atoms with Gasteiger partial charge >= 0.3 is 0 Å². The van der Waals surface area contributed by atoms with E-state index in [2.05, 4.69) is 17.1 Å². The molecule has 3 rings (SSSR count). The monoisotopic (exact) mass is 252 g/mol. The van der Waals surface area contributed by atoms with Crippen LogP contribution in [-0.2, 0) is 4.74 Å². The minimum atomic E-state index is 0.475. The van der Waals surface area contributed by atoms with E-state index in [0.717, 1.165) is 13.2 Å². The zero-order valence-corrected chi connectivity index (χ0v) is 11.8. The first kappa shape index (κ1) is 12.9. The Morgan fingerprint density at radius 2 is 2.17 bits per heavy atom. The minimum absolute atomic E-state index is 0.475. The van der Waals surface area contributed by atoms with E-state index in [4.69, 9.17) is 4.74 Å². The van der Waals surface area contributed by atoms with Gasteiger partial charge in [0.15, 0.2) is 0 Å². The third kappa shape index (κ3) is 2.33. The molecule has 2 heterocycles. The van der Waals surface area contributed by atoms with Crippen LogP contribution in [-0.4, -0.2) is 48.8 Å². The lowest BCUT2D eigenvalue weighted by molar-refractivity contribution is -0.000124. The Morgan fingerprint density at radius 1 is 1.33 bits per heavy atom. The van der Waals surface area contributed by atoms with E-state index in [1.54, 1.807) is 0 Å². The van der Waals surface area contributed by atoms with Crippen molar-refractivity contribution in [1.29, 1.82) is 0 Å². The van der Waals surface area contributed by atoms with E-state index in [9.17, 15) is 0 Å². The van der Waals surface area contributed by atoms with Gasteiger partial charge in [-0.3, -0.25) is 4.90 Å². The smallest absolute Gasteiger partial charge is 0.0622 e. The largest absolute Gasteiger partial charge is 0.380 e. The molecule has 3 aliphatic rings. The molecule has 2 atom stereocenters. The molecule has 18 heavy (non-hydrogen) atoms. The molecule has 2 unspecified atom stereocenters. The van der Waals surface area contributed by atoms with E-state index in [1.165, 1.54) is 58.0 Å². The van der Waals surface area contributed by atoms with Crippen molar-refractivity contribution in [3.05, 3.63) is 0 Å². The topological polar surface area (TPSA) is 24.5 Å². The van der Waals surface area contributed by atoms with Crippen molar-refractivity contribution in [3.8, 4) is 0 Å². The van der Waals surface area contributed by atoms with Gasteiger partial charge in [-0.2, -0.15) is 0 Å². The first-order valence-corrected chi connectivity index (χ1v) is 7.92. The van der Waals surface area contributed by atoms with Gasteiger partial charge in [0.2, 0.25) is 0 Å². The first-order valence-electron chi connectivity index (χ1n) is 7.92. The summed E-state index contributed by atoms with van der Waals surface area (Å²) in [7, 11) is 0. The summed E-state index contributed by atoms with van der Waals surface area (Å²) in [6.07, 6.45) is 9.50. The Hall–Kier alpha value is -0.120. The van der Waals surface area contributed by atoms with Crippen LogP contribution in [0.25, 0.3) is 0 Å². The predicted octanol–water partition coefficient (Wildman–Crippen LogP) is 2.16. The molecule has 104 valence electrons. The van der Waals surface area contributed by atoms with Crippen LogP contribution in [0.4, 0.5) is 0 Å². The van der Waals surface area contributed by atoms with Crippen LogP contribution in [0.1, 0.15) is 51.9 Å². The van der Waals surface area contributed by atoms with Gasteiger partial charge in [0.1, 0.15) is 0 Å². The average molecular weight is 252 g/mol. The van der Waals surface area contributed by atoms with E-state index >= 15 is 0 Å². The molecular weight excluding hydrogens is 224 g/mol. The van der Waals surface area contributed by atoms with Crippen molar-refractivity contribution >= 4 is 0 Å². The van der Waals surface area contributed by atoms with Gasteiger partial charge in [-0.15, -0.1) is 0 Å². The maximum atomic E-state index is 5.65. The van der Waals surface area contributed by atoms with E-state index < -0.39 is 0 Å². The van der Waals surface area contributed by atoms with Crippen LogP contribution < -0.4 is 5.32 Å². The van der Waals surface area contributed by atoms with E-state index in [1.807, 2.05) is 0 Å². The predicted molar refractivity (Wildman–Crippen MR) is 73.8 cm³/mol. The quantitative estimate of drug-likeness (QED) is 0.833. The Kier molecular flexibility index (Phi) is 3.92. The third-order valence-electron chi connectivity index (χ3n) is 5.26. The molecule has 3 fully saturated rings. The number of nitrogens with zero attached hydrogens (tertiary/aromatic N) is 1. The highest BCUT2D eigenvalue weighted by Crippen LogP contribution is 2.39. The third-order valence-corrected chi connectivity index (χ3v) is 5.26. The summed E-state index contributed by atoms with van der Waals surface area (Å²) < 4.78 is 5.65. The zero-order valence-electron chi connectivity index (χ0n) is 11.8. The number of hydrogen-bond acceptors (Lipinski definition) is 3. The Balaban J connectivity index is 1.73. The second-order valence-electron chi connectivity index (χ2n) is 6.47. The molecule has 0 aromatic carbocycles. The second-order valence-corrected chi connectivity index (χ2v) is 6.47. The fourth-order valence-electron chi connectivity index (χ4n) is 4.27. The van der Waals surface area contributed by atoms with Gasteiger partial charge in [-0.1, -0.05) is 26.2 Å². The lowest BCUT2D eigenvalue weighted by Crippen LogP contribution is -2.66. The van der Waals surface area contributed by atoms with Crippen LogP contribution in [0, 0.1) is 0 Å². The van der Waals surface area contributed by atoms with Gasteiger partial charge < -0.3 is 10.1 Å². The van der Waals surface area contributed by atoms with Gasteiger partial charge in [0, 0.05) is 37.3 Å². The van der Waals surface area contributed by atoms with E-state index in [-0.39, 0.29) is 0 Å². The highest BCUT2D eigenvalue weighted by atomic mass is 16.5. The normalized spacial score (nSPS) is 36.5. The number of nitrogens with one attached hydrogen (secondary N) is 1. The minimum Gasteiger partial charge on any atom is -0.380 e. The van der Waals surface area contributed by atoms with Crippen molar-refractivity contribution in [1.82, 2.24) is 10.2 Å². The highest BCUT2D eigenvalue weighted by Gasteiger charge is 2.46. The fourth-order valence-corrected chi connectivity index (χ4v) is 4.27. The number of piperazine rings is 1. The SMILES string of the molecule is CCCC1CN(C2CCOC2)C2(CCCC2)CN1. The fraction of sp³-hybridized carbons (Fsp3) is 1.00. The van der Waals surface area contributed by atoms with Crippen LogP contribution in [0.3, 0.4) is 0 Å². The van der Waals surface area contributed by atoms with Crippen molar-refractivity contribution < 1.29 is 4.74 Å². The molecule has 1 N–H and O–H groups in total. The van der Waals surface area contributed by atoms with Gasteiger partial charge in [0.25, 0.3) is 0 Å². The summed E-state index contributed by atoms with van der Waals surface area (Å²) >= 11 is 0. The molecule has 3 heteroatoms. The molecule has 0 aromatic rings. The van der Waals surface area contributed by atoms with Gasteiger partial charge in [-0.05, 0) is 25.7 Å². The summed E-state index contributed by atoms with van der Waals surface area (Å²) in [5.74, 6) is 0. The summed E-state index contributed by atoms with van der Waals surface area (Å²) in [4.78, 5) is 2.85. The molecule has 0 radical (unpaired) electrons. The molecule has 1 aliphatic carbocycles. The average Bonchev–Trinajstić information content (AvgIpc) is 3.05. The molecule has 0 aromatic heterocycles. The van der Waals surface area contributed by atoms with Crippen LogP contribution in [0.2, 0.25) is 0 Å². The number of hydrogen-bond donors (Lipinski definition) is 1. The van der Waals surface area contributed by atoms with Crippen molar-refractivity contribution in [3.63, 3.8) is 0 Å². The van der Waals surface area contributed by atoms with Gasteiger partial charge in [-0.25, -0.2) is 0 Å². The van der Waals surface area contributed by atoms with Crippen molar-refractivity contribution in [2.75, 3.05) is 26.3 Å². The summed E-state index contributed by atoms with van der Waals surface area (Å²) in [6, 6.07) is 1.41. The summed E-state index contributed by atoms with van der Waals surface area (Å²) in [5.41, 5.74) is 0.475. The molecule has 1 saturated carbocycles. The summed E-state index contributed by atoms with van der Waals surface area (Å²) in [6.45, 7) is 6.71. The van der Waals surface area contributed by atoms with Gasteiger partial charge in [0.05, 0.1) is 6.61 Å². The zero-order chi connectivity index (χ0) is 12.4.